The van der Waals surface area contributed by atoms with Crippen molar-refractivity contribution in [3.8, 4) is 11.3 Å². The number of nitrogens with zero attached hydrogens (tertiary/aromatic N) is 3. The summed E-state index contributed by atoms with van der Waals surface area (Å²) in [6.45, 7) is 6.49. The van der Waals surface area contributed by atoms with Crippen LogP contribution in [-0.2, 0) is 0 Å². The minimum absolute atomic E-state index is 0.0400. The molecule has 26 heavy (non-hydrogen) atoms. The SMILES string of the molecule is CC(C)(C)C1C(C(O)CC2c3ccccc3-c3cncn32)CN1C(=O)O. The molecule has 2 aromatic rings. The number of likely N-dealkylation sites (tertiary alicyclic amines) is 1. The predicted molar refractivity (Wildman–Crippen MR) is 97.9 cm³/mol. The van der Waals surface area contributed by atoms with Crippen molar-refractivity contribution < 1.29 is 15.0 Å². The average molecular weight is 355 g/mol. The predicted octanol–water partition coefficient (Wildman–Crippen LogP) is 3.23. The van der Waals surface area contributed by atoms with Gasteiger partial charge in [-0.1, -0.05) is 45.0 Å². The zero-order chi connectivity index (χ0) is 18.6. The maximum Gasteiger partial charge on any atom is 0.407 e. The average Bonchev–Trinajstić information content (AvgIpc) is 3.07. The number of benzene rings is 1. The number of carboxylic acid groups (broad SMARTS) is 1. The van der Waals surface area contributed by atoms with Crippen molar-refractivity contribution in [2.75, 3.05) is 6.54 Å². The van der Waals surface area contributed by atoms with Gasteiger partial charge in [-0.25, -0.2) is 9.78 Å². The zero-order valence-electron chi connectivity index (χ0n) is 15.3. The Morgan fingerprint density at radius 3 is 2.77 bits per heavy atom. The van der Waals surface area contributed by atoms with Gasteiger partial charge in [0.15, 0.2) is 0 Å². The Morgan fingerprint density at radius 1 is 1.35 bits per heavy atom. The molecule has 1 fully saturated rings. The molecule has 2 aliphatic rings. The number of rotatable bonds is 3. The number of hydrogen-bond donors (Lipinski definition) is 2. The van der Waals surface area contributed by atoms with Crippen LogP contribution in [-0.4, -0.2) is 49.4 Å². The Hall–Kier alpha value is -2.34. The third-order valence-corrected chi connectivity index (χ3v) is 5.84. The summed E-state index contributed by atoms with van der Waals surface area (Å²) in [5.74, 6) is -0.0502. The molecule has 1 aromatic carbocycles. The highest BCUT2D eigenvalue weighted by Crippen LogP contribution is 2.45. The molecule has 0 saturated carbocycles. The summed E-state index contributed by atoms with van der Waals surface area (Å²) in [5, 5.41) is 20.4. The third-order valence-electron chi connectivity index (χ3n) is 5.84. The van der Waals surface area contributed by atoms with Crippen molar-refractivity contribution in [3.05, 3.63) is 42.4 Å². The van der Waals surface area contributed by atoms with Crippen molar-refractivity contribution in [2.24, 2.45) is 11.3 Å². The molecule has 2 aliphatic heterocycles. The number of imidazole rings is 1. The molecule has 3 heterocycles. The minimum atomic E-state index is -0.906. The van der Waals surface area contributed by atoms with E-state index in [1.807, 2.05) is 45.4 Å². The van der Waals surface area contributed by atoms with Crippen molar-refractivity contribution in [2.45, 2.75) is 45.4 Å². The molecule has 1 saturated heterocycles. The summed E-state index contributed by atoms with van der Waals surface area (Å²) in [4.78, 5) is 17.2. The van der Waals surface area contributed by atoms with Gasteiger partial charge in [0.2, 0.25) is 0 Å². The van der Waals surface area contributed by atoms with Crippen molar-refractivity contribution in [1.82, 2.24) is 14.5 Å². The van der Waals surface area contributed by atoms with Crippen LogP contribution in [0.3, 0.4) is 0 Å². The maximum atomic E-state index is 11.5. The second-order valence-electron chi connectivity index (χ2n) is 8.50. The van der Waals surface area contributed by atoms with Gasteiger partial charge < -0.3 is 19.7 Å². The number of fused-ring (bicyclic) bond motifs is 3. The highest BCUT2D eigenvalue weighted by Gasteiger charge is 2.51. The Morgan fingerprint density at radius 2 is 2.08 bits per heavy atom. The first-order valence-electron chi connectivity index (χ1n) is 9.08. The normalized spacial score (nSPS) is 25.4. The highest BCUT2D eigenvalue weighted by molar-refractivity contribution is 5.69. The molecule has 0 spiro atoms. The summed E-state index contributed by atoms with van der Waals surface area (Å²) in [5.41, 5.74) is 3.22. The highest BCUT2D eigenvalue weighted by atomic mass is 16.4. The molecule has 1 aromatic heterocycles. The Balaban J connectivity index is 1.58. The van der Waals surface area contributed by atoms with Gasteiger partial charge in [-0.3, -0.25) is 0 Å². The van der Waals surface area contributed by atoms with E-state index in [4.69, 9.17) is 0 Å². The second kappa shape index (κ2) is 5.84. The molecule has 0 bridgehead atoms. The smallest absolute Gasteiger partial charge is 0.407 e. The zero-order valence-corrected chi connectivity index (χ0v) is 15.3. The van der Waals surface area contributed by atoms with E-state index in [2.05, 4.69) is 21.7 Å². The molecular formula is C20H25N3O3. The number of carbonyl (C=O) groups is 1. The first-order valence-corrected chi connectivity index (χ1v) is 9.08. The van der Waals surface area contributed by atoms with Crippen LogP contribution in [0, 0.1) is 11.3 Å². The van der Waals surface area contributed by atoms with E-state index in [0.29, 0.717) is 13.0 Å². The molecule has 4 unspecified atom stereocenters. The third kappa shape index (κ3) is 2.51. The van der Waals surface area contributed by atoms with E-state index in [9.17, 15) is 15.0 Å². The quantitative estimate of drug-likeness (QED) is 0.886. The lowest BCUT2D eigenvalue weighted by molar-refractivity contribution is -0.0917. The fourth-order valence-electron chi connectivity index (χ4n) is 4.75. The lowest BCUT2D eigenvalue weighted by Crippen LogP contribution is -2.66. The second-order valence-corrected chi connectivity index (χ2v) is 8.50. The van der Waals surface area contributed by atoms with Crippen molar-refractivity contribution in [1.29, 1.82) is 0 Å². The molecule has 4 atom stereocenters. The molecular weight excluding hydrogens is 330 g/mol. The Labute approximate surface area is 153 Å². The standard InChI is InChI=1S/C20H25N3O3/c1-20(2,3)18-14(10-22(18)19(25)26)17(24)8-15-12-6-4-5-7-13(12)16-9-21-11-23(15)16/h4-7,9,11,14-15,17-18,24H,8,10H2,1-3H3,(H,25,26). The van der Waals surface area contributed by atoms with Crippen LogP contribution >= 0.6 is 0 Å². The molecule has 6 heteroatoms. The van der Waals surface area contributed by atoms with Crippen LogP contribution in [0.4, 0.5) is 4.79 Å². The van der Waals surface area contributed by atoms with Crippen molar-refractivity contribution in [3.63, 3.8) is 0 Å². The van der Waals surface area contributed by atoms with Gasteiger partial charge >= 0.3 is 6.09 Å². The molecule has 4 rings (SSSR count). The molecule has 6 nitrogen and oxygen atoms in total. The monoisotopic (exact) mass is 355 g/mol. The van der Waals surface area contributed by atoms with Crippen molar-refractivity contribution >= 4 is 6.09 Å². The van der Waals surface area contributed by atoms with Gasteiger partial charge in [-0.15, -0.1) is 0 Å². The van der Waals surface area contributed by atoms with E-state index >= 15 is 0 Å². The minimum Gasteiger partial charge on any atom is -0.465 e. The van der Waals surface area contributed by atoms with Gasteiger partial charge in [0, 0.05) is 24.1 Å². The summed E-state index contributed by atoms with van der Waals surface area (Å²) in [6, 6.07) is 8.09. The lowest BCUT2D eigenvalue weighted by atomic mass is 9.69. The van der Waals surface area contributed by atoms with Gasteiger partial charge in [-0.2, -0.15) is 0 Å². The fourth-order valence-corrected chi connectivity index (χ4v) is 4.75. The van der Waals surface area contributed by atoms with Crippen LogP contribution in [0.5, 0.6) is 0 Å². The van der Waals surface area contributed by atoms with E-state index in [-0.39, 0.29) is 23.4 Å². The molecule has 2 N–H and O–H groups in total. The summed E-state index contributed by atoms with van der Waals surface area (Å²) < 4.78 is 2.12. The van der Waals surface area contributed by atoms with Crippen LogP contribution in [0.25, 0.3) is 11.3 Å². The van der Waals surface area contributed by atoms with Crippen LogP contribution in [0.1, 0.15) is 38.8 Å². The largest absolute Gasteiger partial charge is 0.465 e. The van der Waals surface area contributed by atoms with Gasteiger partial charge in [0.1, 0.15) is 0 Å². The molecule has 1 amide bonds. The summed E-state index contributed by atoms with van der Waals surface area (Å²) in [7, 11) is 0. The molecule has 0 radical (unpaired) electrons. The topological polar surface area (TPSA) is 78.6 Å². The Bertz CT molecular complexity index is 839. The van der Waals surface area contributed by atoms with E-state index in [1.54, 1.807) is 0 Å². The Kier molecular flexibility index (Phi) is 3.84. The van der Waals surface area contributed by atoms with Crippen LogP contribution in [0.15, 0.2) is 36.8 Å². The van der Waals surface area contributed by atoms with E-state index < -0.39 is 12.2 Å². The molecule has 0 aliphatic carbocycles. The van der Waals surface area contributed by atoms with Crippen LogP contribution < -0.4 is 0 Å². The fraction of sp³-hybridized carbons (Fsp3) is 0.500. The molecule has 138 valence electrons. The van der Waals surface area contributed by atoms with Gasteiger partial charge in [0.05, 0.1) is 30.4 Å². The van der Waals surface area contributed by atoms with E-state index in [0.717, 1.165) is 11.3 Å². The number of aliphatic hydroxyl groups is 1. The number of aliphatic hydroxyl groups excluding tert-OH is 1. The number of amides is 1. The maximum absolute atomic E-state index is 11.5. The van der Waals surface area contributed by atoms with E-state index in [1.165, 1.54) is 10.5 Å². The first kappa shape index (κ1) is 17.1. The first-order chi connectivity index (χ1) is 12.3. The van der Waals surface area contributed by atoms with Gasteiger partial charge in [0.25, 0.3) is 0 Å². The number of aromatic nitrogens is 2. The van der Waals surface area contributed by atoms with Crippen LogP contribution in [0.2, 0.25) is 0 Å². The summed E-state index contributed by atoms with van der Waals surface area (Å²) >= 11 is 0. The lowest BCUT2D eigenvalue weighted by Gasteiger charge is -2.54. The number of hydrogen-bond acceptors (Lipinski definition) is 3. The van der Waals surface area contributed by atoms with Gasteiger partial charge in [-0.05, 0) is 17.4 Å². The summed E-state index contributed by atoms with van der Waals surface area (Å²) in [6.07, 6.45) is 2.76.